The highest BCUT2D eigenvalue weighted by Crippen LogP contribution is 2.37. The van der Waals surface area contributed by atoms with Crippen LogP contribution < -0.4 is 5.32 Å². The largest absolute Gasteiger partial charge is 0.347 e. The van der Waals surface area contributed by atoms with Crippen molar-refractivity contribution in [1.29, 1.82) is 0 Å². The summed E-state index contributed by atoms with van der Waals surface area (Å²) >= 11 is 5.95. The SMILES string of the molecule is C#CCC(C)NC(=O)c1cc(Cl)cn1C1CC1. The number of aromatic nitrogens is 1. The molecule has 17 heavy (non-hydrogen) atoms. The first-order chi connectivity index (χ1) is 8.11. The van der Waals surface area contributed by atoms with Gasteiger partial charge in [-0.25, -0.2) is 0 Å². The van der Waals surface area contributed by atoms with E-state index in [0.717, 1.165) is 12.8 Å². The minimum absolute atomic E-state index is 0.0196. The zero-order valence-electron chi connectivity index (χ0n) is 9.74. The van der Waals surface area contributed by atoms with Crippen LogP contribution in [0.25, 0.3) is 0 Å². The van der Waals surface area contributed by atoms with E-state index in [1.54, 1.807) is 6.07 Å². The molecule has 90 valence electrons. The summed E-state index contributed by atoms with van der Waals surface area (Å²) in [5.74, 6) is 2.43. The molecular weight excluding hydrogens is 236 g/mol. The van der Waals surface area contributed by atoms with Crippen molar-refractivity contribution in [3.8, 4) is 12.3 Å². The standard InChI is InChI=1S/C13H15ClN2O/c1-3-4-9(2)15-13(17)12-7-10(14)8-16(12)11-5-6-11/h1,7-9,11H,4-6H2,2H3,(H,15,17). The van der Waals surface area contributed by atoms with Crippen LogP contribution in [0.15, 0.2) is 12.3 Å². The minimum Gasteiger partial charge on any atom is -0.347 e. The average molecular weight is 251 g/mol. The summed E-state index contributed by atoms with van der Waals surface area (Å²) in [6.45, 7) is 1.89. The number of carbonyl (C=O) groups excluding carboxylic acids is 1. The van der Waals surface area contributed by atoms with Crippen LogP contribution in [0.1, 0.15) is 42.7 Å². The fraction of sp³-hybridized carbons (Fsp3) is 0.462. The topological polar surface area (TPSA) is 34.0 Å². The van der Waals surface area contributed by atoms with Gasteiger partial charge >= 0.3 is 0 Å². The van der Waals surface area contributed by atoms with E-state index in [-0.39, 0.29) is 11.9 Å². The van der Waals surface area contributed by atoms with Crippen molar-refractivity contribution in [2.24, 2.45) is 0 Å². The van der Waals surface area contributed by atoms with Crippen molar-refractivity contribution in [2.75, 3.05) is 0 Å². The first-order valence-electron chi connectivity index (χ1n) is 5.73. The van der Waals surface area contributed by atoms with Crippen molar-refractivity contribution in [3.05, 3.63) is 23.0 Å². The number of amides is 1. The lowest BCUT2D eigenvalue weighted by Gasteiger charge is -2.12. The lowest BCUT2D eigenvalue weighted by molar-refractivity contribution is 0.0931. The van der Waals surface area contributed by atoms with E-state index in [2.05, 4.69) is 11.2 Å². The molecule has 1 aliphatic rings. The third-order valence-corrected chi connectivity index (χ3v) is 3.00. The highest BCUT2D eigenvalue weighted by Gasteiger charge is 2.28. The Morgan fingerprint density at radius 2 is 2.47 bits per heavy atom. The summed E-state index contributed by atoms with van der Waals surface area (Å²) in [7, 11) is 0. The zero-order chi connectivity index (χ0) is 12.4. The number of halogens is 1. The maximum Gasteiger partial charge on any atom is 0.268 e. The van der Waals surface area contributed by atoms with Crippen molar-refractivity contribution >= 4 is 17.5 Å². The molecule has 1 saturated carbocycles. The van der Waals surface area contributed by atoms with E-state index in [9.17, 15) is 4.79 Å². The van der Waals surface area contributed by atoms with Gasteiger partial charge in [0.25, 0.3) is 5.91 Å². The van der Waals surface area contributed by atoms with Gasteiger partial charge in [-0.1, -0.05) is 11.6 Å². The molecule has 0 aliphatic heterocycles. The molecule has 1 amide bonds. The maximum absolute atomic E-state index is 12.0. The molecular formula is C13H15ClN2O. The van der Waals surface area contributed by atoms with Crippen molar-refractivity contribution in [3.63, 3.8) is 0 Å². The van der Waals surface area contributed by atoms with Crippen LogP contribution in [-0.4, -0.2) is 16.5 Å². The molecule has 4 heteroatoms. The number of nitrogens with one attached hydrogen (secondary N) is 1. The van der Waals surface area contributed by atoms with E-state index in [0.29, 0.717) is 23.2 Å². The van der Waals surface area contributed by atoms with Gasteiger partial charge in [0.1, 0.15) is 5.69 Å². The van der Waals surface area contributed by atoms with Crippen LogP contribution in [0.2, 0.25) is 5.02 Å². The Hall–Kier alpha value is -1.40. The molecule has 1 fully saturated rings. The Morgan fingerprint density at radius 1 is 1.76 bits per heavy atom. The van der Waals surface area contributed by atoms with Gasteiger partial charge in [-0.05, 0) is 25.8 Å². The van der Waals surface area contributed by atoms with Crippen molar-refractivity contribution in [2.45, 2.75) is 38.3 Å². The highest BCUT2D eigenvalue weighted by atomic mass is 35.5. The summed E-state index contributed by atoms with van der Waals surface area (Å²) in [5, 5.41) is 3.48. The maximum atomic E-state index is 12.0. The first kappa shape index (κ1) is 12.1. The Morgan fingerprint density at radius 3 is 3.06 bits per heavy atom. The van der Waals surface area contributed by atoms with E-state index < -0.39 is 0 Å². The predicted molar refractivity (Wildman–Crippen MR) is 68.1 cm³/mol. The molecule has 0 saturated heterocycles. The van der Waals surface area contributed by atoms with Gasteiger partial charge < -0.3 is 9.88 Å². The number of terminal acetylenes is 1. The lowest BCUT2D eigenvalue weighted by Crippen LogP contribution is -2.33. The first-order valence-corrected chi connectivity index (χ1v) is 6.11. The summed E-state index contributed by atoms with van der Waals surface area (Å²) in [5.41, 5.74) is 0.626. The molecule has 1 aromatic heterocycles. The average Bonchev–Trinajstić information content (AvgIpc) is 3.02. The second-order valence-corrected chi connectivity index (χ2v) is 4.90. The normalized spacial score (nSPS) is 16.3. The number of rotatable bonds is 4. The third kappa shape index (κ3) is 2.83. The van der Waals surface area contributed by atoms with Crippen LogP contribution in [0.3, 0.4) is 0 Å². The lowest BCUT2D eigenvalue weighted by atomic mass is 10.2. The van der Waals surface area contributed by atoms with E-state index in [4.69, 9.17) is 18.0 Å². The quantitative estimate of drug-likeness (QED) is 0.819. The smallest absolute Gasteiger partial charge is 0.268 e. The predicted octanol–water partition coefficient (Wildman–Crippen LogP) is 2.62. The molecule has 1 aliphatic carbocycles. The molecule has 1 atom stereocenters. The second-order valence-electron chi connectivity index (χ2n) is 4.46. The molecule has 3 nitrogen and oxygen atoms in total. The fourth-order valence-electron chi connectivity index (χ4n) is 1.81. The third-order valence-electron chi connectivity index (χ3n) is 2.79. The molecule has 0 bridgehead atoms. The van der Waals surface area contributed by atoms with Gasteiger partial charge in [0.05, 0.1) is 5.02 Å². The Kier molecular flexibility index (Phi) is 3.44. The van der Waals surface area contributed by atoms with E-state index in [1.807, 2.05) is 17.7 Å². The molecule has 1 heterocycles. The van der Waals surface area contributed by atoms with Crippen LogP contribution >= 0.6 is 11.6 Å². The van der Waals surface area contributed by atoms with Crippen LogP contribution in [-0.2, 0) is 0 Å². The fourth-order valence-corrected chi connectivity index (χ4v) is 2.02. The molecule has 1 unspecified atom stereocenters. The monoisotopic (exact) mass is 250 g/mol. The van der Waals surface area contributed by atoms with Gasteiger partial charge in [0.15, 0.2) is 0 Å². The molecule has 0 aromatic carbocycles. The molecule has 2 rings (SSSR count). The van der Waals surface area contributed by atoms with Crippen molar-refractivity contribution in [1.82, 2.24) is 9.88 Å². The molecule has 1 aromatic rings. The van der Waals surface area contributed by atoms with Gasteiger partial charge in [0.2, 0.25) is 0 Å². The van der Waals surface area contributed by atoms with E-state index >= 15 is 0 Å². The van der Waals surface area contributed by atoms with Gasteiger partial charge in [0, 0.05) is 24.7 Å². The van der Waals surface area contributed by atoms with Gasteiger partial charge in [-0.2, -0.15) is 0 Å². The molecule has 1 N–H and O–H groups in total. The second kappa shape index (κ2) is 4.85. The highest BCUT2D eigenvalue weighted by molar-refractivity contribution is 6.31. The van der Waals surface area contributed by atoms with Crippen molar-refractivity contribution < 1.29 is 4.79 Å². The minimum atomic E-state index is -0.105. The number of nitrogens with zero attached hydrogens (tertiary/aromatic N) is 1. The number of carbonyl (C=O) groups is 1. The zero-order valence-corrected chi connectivity index (χ0v) is 10.5. The van der Waals surface area contributed by atoms with Crippen LogP contribution in [0.5, 0.6) is 0 Å². The van der Waals surface area contributed by atoms with Gasteiger partial charge in [-0.3, -0.25) is 4.79 Å². The number of hydrogen-bond donors (Lipinski definition) is 1. The van der Waals surface area contributed by atoms with Crippen LogP contribution in [0.4, 0.5) is 0 Å². The summed E-state index contributed by atoms with van der Waals surface area (Å²) in [6, 6.07) is 2.12. The summed E-state index contributed by atoms with van der Waals surface area (Å²) in [4.78, 5) is 12.0. The van der Waals surface area contributed by atoms with Crippen LogP contribution in [0, 0.1) is 12.3 Å². The Bertz CT molecular complexity index is 468. The number of hydrogen-bond acceptors (Lipinski definition) is 1. The molecule has 0 spiro atoms. The Balaban J connectivity index is 2.11. The van der Waals surface area contributed by atoms with E-state index in [1.165, 1.54) is 0 Å². The van der Waals surface area contributed by atoms with Gasteiger partial charge in [-0.15, -0.1) is 12.3 Å². The summed E-state index contributed by atoms with van der Waals surface area (Å²) < 4.78 is 1.96. The summed E-state index contributed by atoms with van der Waals surface area (Å²) in [6.07, 6.45) is 9.79. The Labute approximate surface area is 106 Å². The molecule has 0 radical (unpaired) electrons.